The molecule has 1 nitrogen and oxygen atoms in total. The zero-order valence-electron chi connectivity index (χ0n) is 6.20. The van der Waals surface area contributed by atoms with Crippen LogP contribution in [-0.4, -0.2) is 11.2 Å². The van der Waals surface area contributed by atoms with Crippen molar-refractivity contribution in [1.29, 1.82) is 0 Å². The Labute approximate surface area is 70.0 Å². The highest BCUT2D eigenvalue weighted by atomic mass is 32.2. The van der Waals surface area contributed by atoms with Gasteiger partial charge in [0.2, 0.25) is 0 Å². The number of halogens is 1. The molecule has 1 atom stereocenters. The summed E-state index contributed by atoms with van der Waals surface area (Å²) >= 11 is 1.39. The van der Waals surface area contributed by atoms with Crippen LogP contribution in [0.4, 0.5) is 4.39 Å². The molecule has 0 N–H and O–H groups in total. The molecule has 1 aromatic heterocycles. The van der Waals surface area contributed by atoms with Crippen LogP contribution >= 0.6 is 11.8 Å². The molecule has 0 aromatic carbocycles. The van der Waals surface area contributed by atoms with Crippen LogP contribution in [0.1, 0.15) is 6.92 Å². The Morgan fingerprint density at radius 3 is 2.73 bits per heavy atom. The molecule has 0 spiro atoms. The maximum atomic E-state index is 12.3. The summed E-state index contributed by atoms with van der Waals surface area (Å²) < 4.78 is 12.3. The number of aromatic nitrogens is 1. The van der Waals surface area contributed by atoms with Crippen molar-refractivity contribution in [1.82, 2.24) is 4.98 Å². The fourth-order valence-electron chi connectivity index (χ4n) is 0.589. The first-order valence-electron chi connectivity index (χ1n) is 3.33. The van der Waals surface area contributed by atoms with Gasteiger partial charge < -0.3 is 0 Å². The molecule has 1 radical (unpaired) electrons. The SMILES string of the molecule is CC(F)[CH]Sc1ccncc1. The second kappa shape index (κ2) is 4.34. The Hall–Kier alpha value is -0.570. The average Bonchev–Trinajstić information content (AvgIpc) is 2.03. The maximum Gasteiger partial charge on any atom is 0.111 e. The largest absolute Gasteiger partial charge is 0.265 e. The number of pyridine rings is 1. The van der Waals surface area contributed by atoms with Crippen LogP contribution in [0.25, 0.3) is 0 Å². The molecule has 3 heteroatoms. The minimum Gasteiger partial charge on any atom is -0.265 e. The molecule has 0 bridgehead atoms. The molecular weight excluding hydrogens is 161 g/mol. The fourth-order valence-corrected chi connectivity index (χ4v) is 1.21. The van der Waals surface area contributed by atoms with Gasteiger partial charge in [-0.3, -0.25) is 4.98 Å². The number of nitrogens with zero attached hydrogens (tertiary/aromatic N) is 1. The van der Waals surface area contributed by atoms with Gasteiger partial charge in [-0.2, -0.15) is 0 Å². The van der Waals surface area contributed by atoms with Gasteiger partial charge in [0.1, 0.15) is 6.17 Å². The van der Waals surface area contributed by atoms with Gasteiger partial charge in [-0.1, -0.05) is 0 Å². The predicted octanol–water partition coefficient (Wildman–Crippen LogP) is 2.69. The van der Waals surface area contributed by atoms with Gasteiger partial charge in [0.15, 0.2) is 0 Å². The lowest BCUT2D eigenvalue weighted by Crippen LogP contribution is -1.87. The van der Waals surface area contributed by atoms with Gasteiger partial charge in [0.05, 0.1) is 5.75 Å². The summed E-state index contributed by atoms with van der Waals surface area (Å²) in [6.07, 6.45) is 2.52. The summed E-state index contributed by atoms with van der Waals surface area (Å²) in [7, 11) is 0. The summed E-state index contributed by atoms with van der Waals surface area (Å²) in [4.78, 5) is 4.87. The van der Waals surface area contributed by atoms with Crippen molar-refractivity contribution in [2.24, 2.45) is 0 Å². The third-order valence-corrected chi connectivity index (χ3v) is 2.10. The number of alkyl halides is 1. The summed E-state index contributed by atoms with van der Waals surface area (Å²) in [5.74, 6) is 1.55. The van der Waals surface area contributed by atoms with Crippen LogP contribution in [0.5, 0.6) is 0 Å². The van der Waals surface area contributed by atoms with E-state index in [1.807, 2.05) is 12.1 Å². The Bertz CT molecular complexity index is 201. The molecule has 0 aliphatic carbocycles. The first-order valence-corrected chi connectivity index (χ1v) is 4.21. The second-order valence-electron chi connectivity index (χ2n) is 2.11. The van der Waals surface area contributed by atoms with Gasteiger partial charge in [-0.15, -0.1) is 11.8 Å². The van der Waals surface area contributed by atoms with E-state index in [1.54, 1.807) is 18.1 Å². The Kier molecular flexibility index (Phi) is 3.36. The van der Waals surface area contributed by atoms with Crippen molar-refractivity contribution >= 4 is 11.8 Å². The van der Waals surface area contributed by atoms with E-state index in [0.717, 1.165) is 4.90 Å². The number of hydrogen-bond donors (Lipinski definition) is 0. The molecule has 1 rings (SSSR count). The highest BCUT2D eigenvalue weighted by molar-refractivity contribution is 8.01. The molecule has 11 heavy (non-hydrogen) atoms. The second-order valence-corrected chi connectivity index (χ2v) is 3.09. The van der Waals surface area contributed by atoms with E-state index in [9.17, 15) is 4.39 Å². The van der Waals surface area contributed by atoms with E-state index < -0.39 is 6.17 Å². The van der Waals surface area contributed by atoms with E-state index in [-0.39, 0.29) is 0 Å². The zero-order chi connectivity index (χ0) is 8.10. The molecule has 0 amide bonds. The fraction of sp³-hybridized carbons (Fsp3) is 0.250. The predicted molar refractivity (Wildman–Crippen MR) is 45.0 cm³/mol. The molecule has 1 heterocycles. The van der Waals surface area contributed by atoms with Crippen LogP contribution in [0, 0.1) is 5.75 Å². The number of thioether (sulfide) groups is 1. The third kappa shape index (κ3) is 3.37. The number of rotatable bonds is 3. The van der Waals surface area contributed by atoms with Gasteiger partial charge in [-0.25, -0.2) is 4.39 Å². The highest BCUT2D eigenvalue weighted by Gasteiger charge is 1.99. The highest BCUT2D eigenvalue weighted by Crippen LogP contribution is 2.21. The van der Waals surface area contributed by atoms with Crippen LogP contribution in [0.2, 0.25) is 0 Å². The summed E-state index contributed by atoms with van der Waals surface area (Å²) in [6.45, 7) is 1.51. The van der Waals surface area contributed by atoms with Crippen LogP contribution in [0.15, 0.2) is 29.4 Å². The van der Waals surface area contributed by atoms with E-state index in [2.05, 4.69) is 4.98 Å². The van der Waals surface area contributed by atoms with Crippen molar-refractivity contribution in [3.63, 3.8) is 0 Å². The van der Waals surface area contributed by atoms with E-state index >= 15 is 0 Å². The van der Waals surface area contributed by atoms with E-state index in [4.69, 9.17) is 0 Å². The lowest BCUT2D eigenvalue weighted by atomic mass is 10.5. The van der Waals surface area contributed by atoms with Crippen LogP contribution < -0.4 is 0 Å². The van der Waals surface area contributed by atoms with Crippen molar-refractivity contribution in [2.75, 3.05) is 0 Å². The molecule has 0 fully saturated rings. The molecule has 1 unspecified atom stereocenters. The van der Waals surface area contributed by atoms with Gasteiger partial charge >= 0.3 is 0 Å². The Morgan fingerprint density at radius 2 is 2.18 bits per heavy atom. The molecule has 1 aromatic rings. The lowest BCUT2D eigenvalue weighted by Gasteiger charge is -1.99. The van der Waals surface area contributed by atoms with E-state index in [1.165, 1.54) is 18.7 Å². The van der Waals surface area contributed by atoms with Gasteiger partial charge in [-0.05, 0) is 19.1 Å². The summed E-state index contributed by atoms with van der Waals surface area (Å²) in [5, 5.41) is 0. The number of hydrogen-bond acceptors (Lipinski definition) is 2. The standard InChI is InChI=1S/C8H9FNS/c1-7(9)6-11-8-2-4-10-5-3-8/h2-7H,1H3. The normalized spacial score (nSPS) is 12.9. The Morgan fingerprint density at radius 1 is 1.55 bits per heavy atom. The quantitative estimate of drug-likeness (QED) is 0.647. The molecular formula is C8H9FNS. The van der Waals surface area contributed by atoms with E-state index in [0.29, 0.717) is 0 Å². The summed E-state index contributed by atoms with van der Waals surface area (Å²) in [6, 6.07) is 3.70. The first kappa shape index (κ1) is 8.53. The van der Waals surface area contributed by atoms with Gasteiger partial charge in [0, 0.05) is 17.3 Å². The molecule has 0 saturated carbocycles. The minimum absolute atomic E-state index is 0.867. The molecule has 0 aliphatic heterocycles. The van der Waals surface area contributed by atoms with Crippen molar-refractivity contribution in [3.05, 3.63) is 30.3 Å². The average molecular weight is 170 g/mol. The molecule has 0 aliphatic rings. The monoisotopic (exact) mass is 170 g/mol. The maximum absolute atomic E-state index is 12.3. The first-order chi connectivity index (χ1) is 5.29. The van der Waals surface area contributed by atoms with Crippen molar-refractivity contribution in [3.8, 4) is 0 Å². The molecule has 0 saturated heterocycles. The molecule has 59 valence electrons. The van der Waals surface area contributed by atoms with Gasteiger partial charge in [0.25, 0.3) is 0 Å². The summed E-state index contributed by atoms with van der Waals surface area (Å²) in [5.41, 5.74) is 0. The minimum atomic E-state index is -0.867. The smallest absolute Gasteiger partial charge is 0.111 e. The zero-order valence-corrected chi connectivity index (χ0v) is 7.01. The third-order valence-electron chi connectivity index (χ3n) is 1.04. The topological polar surface area (TPSA) is 12.9 Å². The lowest BCUT2D eigenvalue weighted by molar-refractivity contribution is 0.422. The van der Waals surface area contributed by atoms with Crippen molar-refractivity contribution in [2.45, 2.75) is 18.0 Å². The van der Waals surface area contributed by atoms with Crippen LogP contribution in [0.3, 0.4) is 0 Å². The van der Waals surface area contributed by atoms with Crippen LogP contribution in [-0.2, 0) is 0 Å². The van der Waals surface area contributed by atoms with Crippen molar-refractivity contribution < 1.29 is 4.39 Å². The Balaban J connectivity index is 2.39.